The van der Waals surface area contributed by atoms with Crippen molar-refractivity contribution in [1.82, 2.24) is 4.90 Å². The van der Waals surface area contributed by atoms with E-state index in [-0.39, 0.29) is 35.7 Å². The summed E-state index contributed by atoms with van der Waals surface area (Å²) in [4.78, 5) is 25.5. The average Bonchev–Trinajstić information content (AvgIpc) is 2.67. The van der Waals surface area contributed by atoms with Gasteiger partial charge in [0.05, 0.1) is 16.7 Å². The molecule has 3 rings (SSSR count). The molecule has 0 aromatic heterocycles. The van der Waals surface area contributed by atoms with Crippen LogP contribution in [0.15, 0.2) is 48.5 Å². The molecule has 0 aliphatic carbocycles. The minimum atomic E-state index is -4.41. The van der Waals surface area contributed by atoms with E-state index in [1.54, 1.807) is 18.2 Å². The summed E-state index contributed by atoms with van der Waals surface area (Å²) in [5.41, 5.74) is -0.361. The number of likely N-dealkylation sites (tertiary alicyclic amines) is 1. The van der Waals surface area contributed by atoms with Gasteiger partial charge in [0.1, 0.15) is 0 Å². The number of hydrogen-bond donors (Lipinski definition) is 1. The molecule has 1 aliphatic heterocycles. The summed E-state index contributed by atoms with van der Waals surface area (Å²) in [6, 6.07) is 11.5. The number of piperidine rings is 1. The zero-order chi connectivity index (χ0) is 19.6. The van der Waals surface area contributed by atoms with Crippen LogP contribution in [0.4, 0.5) is 13.2 Å². The zero-order valence-electron chi connectivity index (χ0n) is 14.4. The quantitative estimate of drug-likeness (QED) is 0.861. The first-order valence-corrected chi connectivity index (χ1v) is 8.56. The molecule has 0 atom stereocenters. The fraction of sp³-hybridized carbons (Fsp3) is 0.300. The SMILES string of the molecule is O=C(O)c1ccccc1C(=O)N1CCC(c2ccccc2C(F)(F)F)CC1. The van der Waals surface area contributed by atoms with Gasteiger partial charge in [0.25, 0.3) is 5.91 Å². The van der Waals surface area contributed by atoms with Crippen molar-refractivity contribution in [3.8, 4) is 0 Å². The molecule has 2 aromatic rings. The molecule has 1 aliphatic rings. The number of carboxylic acid groups (broad SMARTS) is 1. The van der Waals surface area contributed by atoms with E-state index in [9.17, 15) is 27.9 Å². The lowest BCUT2D eigenvalue weighted by molar-refractivity contribution is -0.138. The number of carbonyl (C=O) groups excluding carboxylic acids is 1. The topological polar surface area (TPSA) is 57.6 Å². The second kappa shape index (κ2) is 7.42. The molecule has 27 heavy (non-hydrogen) atoms. The normalized spacial score (nSPS) is 15.6. The summed E-state index contributed by atoms with van der Waals surface area (Å²) in [5.74, 6) is -1.88. The molecule has 1 amide bonds. The van der Waals surface area contributed by atoms with Gasteiger partial charge in [-0.2, -0.15) is 13.2 Å². The maximum atomic E-state index is 13.2. The van der Waals surface area contributed by atoms with Gasteiger partial charge in [-0.05, 0) is 42.5 Å². The Morgan fingerprint density at radius 2 is 1.48 bits per heavy atom. The summed E-state index contributed by atoms with van der Waals surface area (Å²) in [6.45, 7) is 0.563. The van der Waals surface area contributed by atoms with Gasteiger partial charge in [-0.15, -0.1) is 0 Å². The highest BCUT2D eigenvalue weighted by Gasteiger charge is 2.36. The highest BCUT2D eigenvalue weighted by Crippen LogP contribution is 2.38. The number of aromatic carboxylic acids is 1. The summed E-state index contributed by atoms with van der Waals surface area (Å²) < 4.78 is 39.7. The first kappa shape index (κ1) is 18.9. The Kier molecular flexibility index (Phi) is 5.21. The predicted octanol–water partition coefficient (Wildman–Crippen LogP) is 4.42. The van der Waals surface area contributed by atoms with E-state index < -0.39 is 23.6 Å². The van der Waals surface area contributed by atoms with Gasteiger partial charge in [0.2, 0.25) is 0 Å². The molecule has 0 spiro atoms. The third-order valence-corrected chi connectivity index (χ3v) is 4.88. The van der Waals surface area contributed by atoms with Crippen molar-refractivity contribution in [2.45, 2.75) is 24.9 Å². The molecule has 142 valence electrons. The van der Waals surface area contributed by atoms with Crippen LogP contribution in [0.3, 0.4) is 0 Å². The summed E-state index contributed by atoms with van der Waals surface area (Å²) in [6.07, 6.45) is -3.62. The number of carboxylic acids is 1. The molecule has 4 nitrogen and oxygen atoms in total. The highest BCUT2D eigenvalue weighted by molar-refractivity contribution is 6.04. The van der Waals surface area contributed by atoms with Gasteiger partial charge in [0, 0.05) is 13.1 Å². The van der Waals surface area contributed by atoms with Crippen molar-refractivity contribution in [2.75, 3.05) is 13.1 Å². The number of rotatable bonds is 3. The van der Waals surface area contributed by atoms with Crippen molar-refractivity contribution >= 4 is 11.9 Å². The summed E-state index contributed by atoms with van der Waals surface area (Å²) in [5, 5.41) is 9.23. The number of halogens is 3. The first-order valence-electron chi connectivity index (χ1n) is 8.56. The number of amides is 1. The Morgan fingerprint density at radius 1 is 0.926 bits per heavy atom. The third kappa shape index (κ3) is 3.97. The maximum Gasteiger partial charge on any atom is 0.416 e. The molecule has 0 unspecified atom stereocenters. The second-order valence-electron chi connectivity index (χ2n) is 6.50. The lowest BCUT2D eigenvalue weighted by atomic mass is 9.86. The Labute approximate surface area is 154 Å². The molecule has 7 heteroatoms. The van der Waals surface area contributed by atoms with E-state index >= 15 is 0 Å². The summed E-state index contributed by atoms with van der Waals surface area (Å²) >= 11 is 0. The van der Waals surface area contributed by atoms with E-state index in [0.29, 0.717) is 12.8 Å². The van der Waals surface area contributed by atoms with Gasteiger partial charge in [-0.3, -0.25) is 4.79 Å². The van der Waals surface area contributed by atoms with Gasteiger partial charge >= 0.3 is 12.1 Å². The standard InChI is InChI=1S/C20H18F3NO3/c21-20(22,23)17-8-4-3-5-14(17)13-9-11-24(12-10-13)18(25)15-6-1-2-7-16(15)19(26)27/h1-8,13H,9-12H2,(H,26,27). The van der Waals surface area contributed by atoms with E-state index in [1.807, 2.05) is 0 Å². The Balaban J connectivity index is 1.75. The van der Waals surface area contributed by atoms with Crippen LogP contribution in [-0.4, -0.2) is 35.0 Å². The van der Waals surface area contributed by atoms with E-state index in [4.69, 9.17) is 0 Å². The van der Waals surface area contributed by atoms with E-state index in [0.717, 1.165) is 6.07 Å². The molecule has 0 saturated carbocycles. The van der Waals surface area contributed by atoms with Crippen molar-refractivity contribution in [3.63, 3.8) is 0 Å². The molecule has 1 fully saturated rings. The van der Waals surface area contributed by atoms with E-state index in [1.165, 1.54) is 29.2 Å². The number of hydrogen-bond acceptors (Lipinski definition) is 2. The van der Waals surface area contributed by atoms with Crippen molar-refractivity contribution < 1.29 is 27.9 Å². The molecule has 1 N–H and O–H groups in total. The van der Waals surface area contributed by atoms with Crippen LogP contribution in [0, 0.1) is 0 Å². The summed E-state index contributed by atoms with van der Waals surface area (Å²) in [7, 11) is 0. The van der Waals surface area contributed by atoms with Crippen LogP contribution >= 0.6 is 0 Å². The first-order chi connectivity index (χ1) is 12.8. The molecular formula is C20H18F3NO3. The molecule has 0 radical (unpaired) electrons. The number of nitrogens with zero attached hydrogens (tertiary/aromatic N) is 1. The van der Waals surface area contributed by atoms with Crippen LogP contribution in [0.1, 0.15) is 50.6 Å². The fourth-order valence-electron chi connectivity index (χ4n) is 3.53. The zero-order valence-corrected chi connectivity index (χ0v) is 14.4. The molecule has 1 saturated heterocycles. The molecule has 0 bridgehead atoms. The van der Waals surface area contributed by atoms with Gasteiger partial charge in [-0.1, -0.05) is 30.3 Å². The van der Waals surface area contributed by atoms with Crippen LogP contribution in [-0.2, 0) is 6.18 Å². The smallest absolute Gasteiger partial charge is 0.416 e. The van der Waals surface area contributed by atoms with Crippen LogP contribution in [0.25, 0.3) is 0 Å². The van der Waals surface area contributed by atoms with Crippen molar-refractivity contribution in [2.24, 2.45) is 0 Å². The minimum Gasteiger partial charge on any atom is -0.478 e. The maximum absolute atomic E-state index is 13.2. The molecular weight excluding hydrogens is 359 g/mol. The van der Waals surface area contributed by atoms with Crippen molar-refractivity contribution in [3.05, 3.63) is 70.8 Å². The average molecular weight is 377 g/mol. The molecule has 1 heterocycles. The van der Waals surface area contributed by atoms with Crippen LogP contribution in [0.2, 0.25) is 0 Å². The Morgan fingerprint density at radius 3 is 2.07 bits per heavy atom. The second-order valence-corrected chi connectivity index (χ2v) is 6.50. The number of alkyl halides is 3. The third-order valence-electron chi connectivity index (χ3n) is 4.88. The van der Waals surface area contributed by atoms with Crippen LogP contribution < -0.4 is 0 Å². The minimum absolute atomic E-state index is 0.0768. The Bertz CT molecular complexity index is 856. The van der Waals surface area contributed by atoms with Gasteiger partial charge in [-0.25, -0.2) is 4.79 Å². The number of carbonyl (C=O) groups is 2. The predicted molar refractivity (Wildman–Crippen MR) is 92.7 cm³/mol. The van der Waals surface area contributed by atoms with Gasteiger partial charge < -0.3 is 10.0 Å². The number of benzene rings is 2. The Hall–Kier alpha value is -2.83. The van der Waals surface area contributed by atoms with Crippen molar-refractivity contribution in [1.29, 1.82) is 0 Å². The fourth-order valence-corrected chi connectivity index (χ4v) is 3.53. The van der Waals surface area contributed by atoms with Crippen LogP contribution in [0.5, 0.6) is 0 Å². The van der Waals surface area contributed by atoms with Gasteiger partial charge in [0.15, 0.2) is 0 Å². The van der Waals surface area contributed by atoms with E-state index in [2.05, 4.69) is 0 Å². The molecule has 2 aromatic carbocycles. The monoisotopic (exact) mass is 377 g/mol. The largest absolute Gasteiger partial charge is 0.478 e. The highest BCUT2D eigenvalue weighted by atomic mass is 19.4. The lowest BCUT2D eigenvalue weighted by Crippen LogP contribution is -2.38. The lowest BCUT2D eigenvalue weighted by Gasteiger charge is -2.33.